The van der Waals surface area contributed by atoms with Crippen LogP contribution in [0, 0.1) is 0 Å². The standard InChI is InChI=1S/C14H16N4O3/c1-17-11-6-5-9(8-10(11)15-16-17)13(19)18-7-3-2-4-12(18)14(20)21/h5-6,8,12H,2-4,7H2,1H3,(H,20,21). The molecule has 1 aromatic carbocycles. The van der Waals surface area contributed by atoms with Crippen LogP contribution in [0.3, 0.4) is 0 Å². The number of aryl methyl sites for hydroxylation is 1. The molecule has 1 aliphatic rings. The van der Waals surface area contributed by atoms with Crippen LogP contribution in [0.4, 0.5) is 0 Å². The molecule has 7 heteroatoms. The van der Waals surface area contributed by atoms with Crippen molar-refractivity contribution in [3.05, 3.63) is 23.8 Å². The summed E-state index contributed by atoms with van der Waals surface area (Å²) < 4.78 is 1.63. The average Bonchev–Trinajstić information content (AvgIpc) is 2.87. The lowest BCUT2D eigenvalue weighted by atomic mass is 10.0. The third kappa shape index (κ3) is 2.35. The first-order valence-corrected chi connectivity index (χ1v) is 6.91. The zero-order valence-electron chi connectivity index (χ0n) is 11.7. The van der Waals surface area contributed by atoms with E-state index in [4.69, 9.17) is 0 Å². The molecule has 0 radical (unpaired) electrons. The quantitative estimate of drug-likeness (QED) is 0.892. The first kappa shape index (κ1) is 13.5. The molecule has 0 spiro atoms. The van der Waals surface area contributed by atoms with E-state index in [1.807, 2.05) is 0 Å². The largest absolute Gasteiger partial charge is 0.480 e. The maximum absolute atomic E-state index is 12.6. The molecule has 1 saturated heterocycles. The van der Waals surface area contributed by atoms with Crippen LogP contribution >= 0.6 is 0 Å². The number of hydrogen-bond acceptors (Lipinski definition) is 4. The van der Waals surface area contributed by atoms with E-state index in [9.17, 15) is 14.7 Å². The molecule has 2 aromatic rings. The minimum Gasteiger partial charge on any atom is -0.480 e. The molecule has 110 valence electrons. The minimum absolute atomic E-state index is 0.255. The molecule has 1 aromatic heterocycles. The molecule has 1 unspecified atom stereocenters. The van der Waals surface area contributed by atoms with Gasteiger partial charge < -0.3 is 10.0 Å². The van der Waals surface area contributed by atoms with E-state index >= 15 is 0 Å². The van der Waals surface area contributed by atoms with Gasteiger partial charge in [-0.15, -0.1) is 5.10 Å². The number of hydrogen-bond donors (Lipinski definition) is 1. The van der Waals surface area contributed by atoms with Gasteiger partial charge in [-0.05, 0) is 37.5 Å². The molecule has 0 aliphatic carbocycles. The van der Waals surface area contributed by atoms with Crippen LogP contribution in [-0.2, 0) is 11.8 Å². The zero-order valence-corrected chi connectivity index (χ0v) is 11.7. The summed E-state index contributed by atoms with van der Waals surface area (Å²) in [5.74, 6) is -1.20. The molecule has 0 bridgehead atoms. The van der Waals surface area contributed by atoms with Crippen LogP contribution in [0.15, 0.2) is 18.2 Å². The van der Waals surface area contributed by atoms with E-state index in [2.05, 4.69) is 10.3 Å². The van der Waals surface area contributed by atoms with Crippen LogP contribution in [-0.4, -0.2) is 49.5 Å². The van der Waals surface area contributed by atoms with Gasteiger partial charge in [0.25, 0.3) is 5.91 Å². The number of rotatable bonds is 2. The summed E-state index contributed by atoms with van der Waals surface area (Å²) in [6.07, 6.45) is 2.18. The van der Waals surface area contributed by atoms with Crippen molar-refractivity contribution in [2.75, 3.05) is 6.54 Å². The number of aromatic nitrogens is 3. The molecule has 7 nitrogen and oxygen atoms in total. The number of carboxylic acid groups (broad SMARTS) is 1. The van der Waals surface area contributed by atoms with Gasteiger partial charge in [0.15, 0.2) is 0 Å². The van der Waals surface area contributed by atoms with Crippen LogP contribution < -0.4 is 0 Å². The number of carbonyl (C=O) groups excluding carboxylic acids is 1. The number of aliphatic carboxylic acids is 1. The molecule has 1 atom stereocenters. The second-order valence-corrected chi connectivity index (χ2v) is 5.26. The minimum atomic E-state index is -0.941. The molecule has 1 aliphatic heterocycles. The number of piperidine rings is 1. The summed E-state index contributed by atoms with van der Waals surface area (Å²) in [5, 5.41) is 17.1. The predicted octanol–water partition coefficient (Wildman–Crippen LogP) is 1.05. The van der Waals surface area contributed by atoms with Crippen LogP contribution in [0.25, 0.3) is 11.0 Å². The maximum Gasteiger partial charge on any atom is 0.326 e. The molecular formula is C14H16N4O3. The van der Waals surface area contributed by atoms with Gasteiger partial charge in [0, 0.05) is 19.2 Å². The van der Waals surface area contributed by atoms with Gasteiger partial charge in [-0.2, -0.15) is 0 Å². The molecule has 2 heterocycles. The Hall–Kier alpha value is -2.44. The fraction of sp³-hybridized carbons (Fsp3) is 0.429. The Morgan fingerprint density at radius 3 is 2.90 bits per heavy atom. The van der Waals surface area contributed by atoms with Gasteiger partial charge in [-0.25, -0.2) is 9.48 Å². The lowest BCUT2D eigenvalue weighted by Crippen LogP contribution is -2.47. The first-order chi connectivity index (χ1) is 10.1. The molecule has 0 saturated carbocycles. The van der Waals surface area contributed by atoms with E-state index < -0.39 is 12.0 Å². The van der Waals surface area contributed by atoms with E-state index in [1.165, 1.54) is 4.90 Å². The summed E-state index contributed by atoms with van der Waals surface area (Å²) >= 11 is 0. The second kappa shape index (κ2) is 5.16. The molecule has 1 fully saturated rings. The molecule has 3 rings (SSSR count). The van der Waals surface area contributed by atoms with Gasteiger partial charge in [0.2, 0.25) is 0 Å². The van der Waals surface area contributed by atoms with E-state index in [1.54, 1.807) is 29.9 Å². The molecule has 1 amide bonds. The smallest absolute Gasteiger partial charge is 0.326 e. The Morgan fingerprint density at radius 2 is 2.14 bits per heavy atom. The highest BCUT2D eigenvalue weighted by Gasteiger charge is 2.32. The lowest BCUT2D eigenvalue weighted by Gasteiger charge is -2.33. The van der Waals surface area contributed by atoms with Crippen LogP contribution in [0.1, 0.15) is 29.6 Å². The van der Waals surface area contributed by atoms with Gasteiger partial charge in [-0.1, -0.05) is 5.21 Å². The zero-order chi connectivity index (χ0) is 15.0. The Balaban J connectivity index is 1.93. The maximum atomic E-state index is 12.6. The summed E-state index contributed by atoms with van der Waals surface area (Å²) in [7, 11) is 1.78. The summed E-state index contributed by atoms with van der Waals surface area (Å²) in [5.41, 5.74) is 1.92. The van der Waals surface area contributed by atoms with Crippen molar-refractivity contribution < 1.29 is 14.7 Å². The number of benzene rings is 1. The normalized spacial score (nSPS) is 18.9. The number of likely N-dealkylation sites (tertiary alicyclic amines) is 1. The van der Waals surface area contributed by atoms with Crippen molar-refractivity contribution in [3.8, 4) is 0 Å². The SMILES string of the molecule is Cn1nnc2cc(C(=O)N3CCCCC3C(=O)O)ccc21. The Kier molecular flexibility index (Phi) is 3.32. The van der Waals surface area contributed by atoms with Crippen molar-refractivity contribution in [1.29, 1.82) is 0 Å². The number of carboxylic acids is 1. The van der Waals surface area contributed by atoms with Gasteiger partial charge >= 0.3 is 5.97 Å². The Morgan fingerprint density at radius 1 is 1.33 bits per heavy atom. The Labute approximate surface area is 121 Å². The third-order valence-corrected chi connectivity index (χ3v) is 3.91. The molecule has 1 N–H and O–H groups in total. The first-order valence-electron chi connectivity index (χ1n) is 6.91. The monoisotopic (exact) mass is 288 g/mol. The summed E-state index contributed by atoms with van der Waals surface area (Å²) in [6, 6.07) is 4.41. The average molecular weight is 288 g/mol. The highest BCUT2D eigenvalue weighted by molar-refractivity contribution is 5.99. The highest BCUT2D eigenvalue weighted by atomic mass is 16.4. The lowest BCUT2D eigenvalue weighted by molar-refractivity contribution is -0.143. The number of fused-ring (bicyclic) bond motifs is 1. The molecular weight excluding hydrogens is 272 g/mol. The fourth-order valence-electron chi connectivity index (χ4n) is 2.77. The van der Waals surface area contributed by atoms with Crippen LogP contribution in [0.2, 0.25) is 0 Å². The topological polar surface area (TPSA) is 88.3 Å². The Bertz CT molecular complexity index is 709. The summed E-state index contributed by atoms with van der Waals surface area (Å²) in [6.45, 7) is 0.480. The van der Waals surface area contributed by atoms with Gasteiger partial charge in [-0.3, -0.25) is 4.79 Å². The van der Waals surface area contributed by atoms with Gasteiger partial charge in [0.05, 0.1) is 5.52 Å². The number of carbonyl (C=O) groups is 2. The fourth-order valence-corrected chi connectivity index (χ4v) is 2.77. The van der Waals surface area contributed by atoms with E-state index in [0.29, 0.717) is 24.0 Å². The van der Waals surface area contributed by atoms with Crippen molar-refractivity contribution in [3.63, 3.8) is 0 Å². The highest BCUT2D eigenvalue weighted by Crippen LogP contribution is 2.21. The number of nitrogens with zero attached hydrogens (tertiary/aromatic N) is 4. The summed E-state index contributed by atoms with van der Waals surface area (Å²) in [4.78, 5) is 25.3. The van der Waals surface area contributed by atoms with E-state index in [-0.39, 0.29) is 5.91 Å². The molecule has 21 heavy (non-hydrogen) atoms. The van der Waals surface area contributed by atoms with E-state index in [0.717, 1.165) is 18.4 Å². The van der Waals surface area contributed by atoms with Crippen molar-refractivity contribution in [2.45, 2.75) is 25.3 Å². The van der Waals surface area contributed by atoms with Gasteiger partial charge in [0.1, 0.15) is 11.6 Å². The van der Waals surface area contributed by atoms with Crippen LogP contribution in [0.5, 0.6) is 0 Å². The number of amides is 1. The third-order valence-electron chi connectivity index (χ3n) is 3.91. The second-order valence-electron chi connectivity index (χ2n) is 5.26. The van der Waals surface area contributed by atoms with Crippen molar-refractivity contribution in [2.24, 2.45) is 7.05 Å². The van der Waals surface area contributed by atoms with Crippen molar-refractivity contribution in [1.82, 2.24) is 19.9 Å². The predicted molar refractivity (Wildman–Crippen MR) is 74.8 cm³/mol. The van der Waals surface area contributed by atoms with Crippen molar-refractivity contribution >= 4 is 22.9 Å².